The quantitative estimate of drug-likeness (QED) is 0.346. The molecule has 4 rings (SSSR count). The van der Waals surface area contributed by atoms with Gasteiger partial charge in [-0.2, -0.15) is 0 Å². The van der Waals surface area contributed by atoms with Crippen LogP contribution >= 0.6 is 11.3 Å². The van der Waals surface area contributed by atoms with Crippen LogP contribution in [0.3, 0.4) is 0 Å². The van der Waals surface area contributed by atoms with E-state index in [9.17, 15) is 9.59 Å². The molecule has 1 unspecified atom stereocenters. The van der Waals surface area contributed by atoms with E-state index in [0.717, 1.165) is 21.8 Å². The van der Waals surface area contributed by atoms with E-state index < -0.39 is 0 Å². The van der Waals surface area contributed by atoms with E-state index in [0.29, 0.717) is 34.9 Å². The Morgan fingerprint density at radius 3 is 2.29 bits per heavy atom. The molecule has 1 aliphatic heterocycles. The van der Waals surface area contributed by atoms with Crippen LogP contribution in [0.1, 0.15) is 46.1 Å². The third-order valence-electron chi connectivity index (χ3n) is 5.99. The lowest BCUT2D eigenvalue weighted by Crippen LogP contribution is -2.33. The number of hydrogen-bond acceptors (Lipinski definition) is 7. The molecule has 0 aliphatic carbocycles. The van der Waals surface area contributed by atoms with Gasteiger partial charge in [-0.25, -0.2) is 0 Å². The molecule has 0 fully saturated rings. The first-order chi connectivity index (χ1) is 16.5. The van der Waals surface area contributed by atoms with Gasteiger partial charge in [0.2, 0.25) is 5.78 Å². The zero-order valence-corrected chi connectivity index (χ0v) is 20.4. The van der Waals surface area contributed by atoms with Crippen molar-refractivity contribution in [2.24, 2.45) is 0 Å². The first kappa shape index (κ1) is 23.9. The number of methoxy groups -OCH3 is 1. The molecule has 6 nitrogen and oxygen atoms in total. The summed E-state index contributed by atoms with van der Waals surface area (Å²) >= 11 is 1.35. The molecule has 34 heavy (non-hydrogen) atoms. The maximum Gasteiger partial charge on any atom is 0.205 e. The Balaban J connectivity index is 1.89. The van der Waals surface area contributed by atoms with E-state index >= 15 is 0 Å². The van der Waals surface area contributed by atoms with Crippen molar-refractivity contribution in [2.45, 2.75) is 19.8 Å². The normalized spacial score (nSPS) is 15.4. The van der Waals surface area contributed by atoms with Gasteiger partial charge in [-0.15, -0.1) is 11.3 Å². The van der Waals surface area contributed by atoms with Crippen molar-refractivity contribution in [2.75, 3.05) is 37.7 Å². The number of thiophene rings is 1. The Morgan fingerprint density at radius 2 is 1.68 bits per heavy atom. The number of Topliss-reactive ketones (excluding diaryl/α,β-unsaturated/α-hetero) is 1. The smallest absolute Gasteiger partial charge is 0.205 e. The van der Waals surface area contributed by atoms with Crippen molar-refractivity contribution in [3.05, 3.63) is 93.5 Å². The highest BCUT2D eigenvalue weighted by Crippen LogP contribution is 2.52. The molecule has 2 aromatic carbocycles. The first-order valence-corrected chi connectivity index (χ1v) is 11.9. The van der Waals surface area contributed by atoms with Crippen LogP contribution in [-0.4, -0.2) is 38.6 Å². The fourth-order valence-electron chi connectivity index (χ4n) is 4.35. The molecule has 0 saturated heterocycles. The lowest BCUT2D eigenvalue weighted by Gasteiger charge is -2.36. The summed E-state index contributed by atoms with van der Waals surface area (Å²) in [6, 6.07) is 18.9. The number of benzene rings is 2. The maximum atomic E-state index is 13.4. The molecule has 1 atom stereocenters. The Hall–Kier alpha value is -3.26. The summed E-state index contributed by atoms with van der Waals surface area (Å²) in [5.74, 6) is -0.537. The predicted molar refractivity (Wildman–Crippen MR) is 135 cm³/mol. The molecule has 2 N–H and O–H groups in total. The largest absolute Gasteiger partial charge is 0.397 e. The Kier molecular flexibility index (Phi) is 7.26. The molecular formula is C27H28N2O4S. The van der Waals surface area contributed by atoms with Crippen molar-refractivity contribution < 1.29 is 19.1 Å². The second-order valence-corrected chi connectivity index (χ2v) is 9.12. The van der Waals surface area contributed by atoms with Crippen molar-refractivity contribution in [1.29, 1.82) is 0 Å². The van der Waals surface area contributed by atoms with Gasteiger partial charge >= 0.3 is 0 Å². The number of nitrogens with two attached hydrogens (primary N) is 1. The van der Waals surface area contributed by atoms with E-state index in [2.05, 4.69) is 0 Å². The van der Waals surface area contributed by atoms with Crippen LogP contribution < -0.4 is 10.6 Å². The van der Waals surface area contributed by atoms with Crippen LogP contribution in [0.5, 0.6) is 0 Å². The Bertz CT molecular complexity index is 1220. The van der Waals surface area contributed by atoms with E-state index in [1.165, 1.54) is 11.3 Å². The molecule has 0 amide bonds. The van der Waals surface area contributed by atoms with Gasteiger partial charge in [0.15, 0.2) is 5.78 Å². The molecule has 176 valence electrons. The molecule has 0 radical (unpaired) electrons. The number of allylic oxidation sites excluding steroid dienone is 2. The SMILES string of the molecule is COCCOCN1C(C)=C(C(C)=O)C(c2ccccc2)c2c1sc(C(=O)c1ccccc1)c2N. The summed E-state index contributed by atoms with van der Waals surface area (Å²) in [7, 11) is 1.62. The Morgan fingerprint density at radius 1 is 1.03 bits per heavy atom. The van der Waals surface area contributed by atoms with Gasteiger partial charge in [0.1, 0.15) is 16.6 Å². The van der Waals surface area contributed by atoms with Crippen molar-refractivity contribution >= 4 is 33.6 Å². The van der Waals surface area contributed by atoms with E-state index in [-0.39, 0.29) is 24.2 Å². The minimum absolute atomic E-state index is 0.0413. The monoisotopic (exact) mass is 476 g/mol. The molecule has 0 spiro atoms. The zero-order chi connectivity index (χ0) is 24.2. The number of rotatable bonds is 9. The summed E-state index contributed by atoms with van der Waals surface area (Å²) in [6.07, 6.45) is 0. The number of anilines is 2. The fraction of sp³-hybridized carbons (Fsp3) is 0.259. The van der Waals surface area contributed by atoms with Gasteiger partial charge in [0.25, 0.3) is 0 Å². The second-order valence-electron chi connectivity index (χ2n) is 8.12. The second kappa shape index (κ2) is 10.3. The minimum atomic E-state index is -0.363. The number of ketones is 2. The van der Waals surface area contributed by atoms with Gasteiger partial charge in [-0.3, -0.25) is 9.59 Å². The first-order valence-electron chi connectivity index (χ1n) is 11.1. The third-order valence-corrected chi connectivity index (χ3v) is 7.23. The molecule has 3 aromatic rings. The summed E-state index contributed by atoms with van der Waals surface area (Å²) in [5, 5.41) is 0.825. The zero-order valence-electron chi connectivity index (χ0n) is 19.5. The average molecular weight is 477 g/mol. The number of carbonyl (C=O) groups excluding carboxylic acids is 2. The fourth-order valence-corrected chi connectivity index (χ4v) is 5.62. The highest BCUT2D eigenvalue weighted by atomic mass is 32.1. The summed E-state index contributed by atoms with van der Waals surface area (Å²) in [5.41, 5.74) is 10.9. The number of hydrogen-bond donors (Lipinski definition) is 1. The minimum Gasteiger partial charge on any atom is -0.397 e. The van der Waals surface area contributed by atoms with Gasteiger partial charge < -0.3 is 20.1 Å². The molecule has 1 aliphatic rings. The van der Waals surface area contributed by atoms with Crippen LogP contribution in [0, 0.1) is 0 Å². The highest BCUT2D eigenvalue weighted by molar-refractivity contribution is 7.19. The molecule has 0 bridgehead atoms. The summed E-state index contributed by atoms with van der Waals surface area (Å²) in [4.78, 5) is 28.8. The number of ether oxygens (including phenoxy) is 2. The number of fused-ring (bicyclic) bond motifs is 1. The van der Waals surface area contributed by atoms with Crippen molar-refractivity contribution in [1.82, 2.24) is 0 Å². The molecule has 0 saturated carbocycles. The van der Waals surface area contributed by atoms with E-state index in [1.54, 1.807) is 26.2 Å². The van der Waals surface area contributed by atoms with Crippen LogP contribution in [0.15, 0.2) is 71.9 Å². The van der Waals surface area contributed by atoms with Gasteiger partial charge in [-0.1, -0.05) is 60.7 Å². The van der Waals surface area contributed by atoms with Crippen molar-refractivity contribution in [3.63, 3.8) is 0 Å². The lowest BCUT2D eigenvalue weighted by molar-refractivity contribution is -0.113. The van der Waals surface area contributed by atoms with Crippen LogP contribution in [-0.2, 0) is 14.3 Å². The van der Waals surface area contributed by atoms with E-state index in [1.807, 2.05) is 60.4 Å². The number of carbonyl (C=O) groups is 2. The standard InChI is InChI=1S/C27H28N2O4S/c1-17-21(18(2)30)22(19-10-6-4-7-11-19)23-24(28)26(25(31)20-12-8-5-9-13-20)34-27(23)29(17)16-33-15-14-32-3/h4-13,22H,14-16,28H2,1-3H3. The maximum absolute atomic E-state index is 13.4. The van der Waals surface area contributed by atoms with Crippen LogP contribution in [0.2, 0.25) is 0 Å². The summed E-state index contributed by atoms with van der Waals surface area (Å²) < 4.78 is 10.9. The highest BCUT2D eigenvalue weighted by Gasteiger charge is 2.39. The molecule has 7 heteroatoms. The van der Waals surface area contributed by atoms with Crippen molar-refractivity contribution in [3.8, 4) is 0 Å². The lowest BCUT2D eigenvalue weighted by atomic mass is 9.80. The molecule has 1 aromatic heterocycles. The van der Waals surface area contributed by atoms with E-state index in [4.69, 9.17) is 15.2 Å². The molecular weight excluding hydrogens is 448 g/mol. The molecule has 2 heterocycles. The topological polar surface area (TPSA) is 81.9 Å². The van der Waals surface area contributed by atoms with Crippen LogP contribution in [0.25, 0.3) is 0 Å². The van der Waals surface area contributed by atoms with Gasteiger partial charge in [0, 0.05) is 35.4 Å². The average Bonchev–Trinajstić information content (AvgIpc) is 3.19. The number of nitrogen functional groups attached to an aromatic ring is 1. The third kappa shape index (κ3) is 4.42. The van der Waals surface area contributed by atoms with Gasteiger partial charge in [-0.05, 0) is 19.4 Å². The predicted octanol–water partition coefficient (Wildman–Crippen LogP) is 5.00. The number of nitrogens with zero attached hydrogens (tertiary/aromatic N) is 1. The Labute approximate surface area is 203 Å². The van der Waals surface area contributed by atoms with Gasteiger partial charge in [0.05, 0.1) is 18.9 Å². The summed E-state index contributed by atoms with van der Waals surface area (Å²) in [6.45, 7) is 4.58. The van der Waals surface area contributed by atoms with Crippen LogP contribution in [0.4, 0.5) is 10.7 Å².